The molecule has 0 fully saturated rings. The molecule has 1 N–H and O–H groups in total. The first-order chi connectivity index (χ1) is 8.15. The number of carbonyl (C=O) groups is 1. The summed E-state index contributed by atoms with van der Waals surface area (Å²) in [4.78, 5) is 10.8. The highest BCUT2D eigenvalue weighted by atomic mass is 127. The number of benzene rings is 1. The first-order valence-electron chi connectivity index (χ1n) is 5.11. The number of hydrogen-bond acceptors (Lipinski definition) is 2. The molecule has 0 aliphatic carbocycles. The van der Waals surface area contributed by atoms with E-state index < -0.39 is 5.97 Å². The van der Waals surface area contributed by atoms with E-state index >= 15 is 0 Å². The van der Waals surface area contributed by atoms with Gasteiger partial charge in [0.05, 0.1) is 22.7 Å². The molecule has 0 bridgehead atoms. The van der Waals surface area contributed by atoms with Crippen molar-refractivity contribution in [1.82, 2.24) is 9.78 Å². The third-order valence-corrected chi connectivity index (χ3v) is 2.95. The van der Waals surface area contributed by atoms with Gasteiger partial charge >= 0.3 is 5.97 Å². The Hall–Kier alpha value is -1.37. The van der Waals surface area contributed by atoms with Crippen LogP contribution in [0.2, 0.25) is 0 Å². The fourth-order valence-corrected chi connectivity index (χ4v) is 2.09. The maximum Gasteiger partial charge on any atom is 0.307 e. The minimum atomic E-state index is -0.813. The van der Waals surface area contributed by atoms with E-state index in [2.05, 4.69) is 27.7 Å². The van der Waals surface area contributed by atoms with Crippen LogP contribution >= 0.6 is 22.6 Å². The van der Waals surface area contributed by atoms with E-state index in [9.17, 15) is 4.79 Å². The molecule has 0 aliphatic heterocycles. The summed E-state index contributed by atoms with van der Waals surface area (Å²) in [5, 5.41) is 13.0. The van der Waals surface area contributed by atoms with Crippen molar-refractivity contribution in [2.75, 3.05) is 0 Å². The highest BCUT2D eigenvalue weighted by Crippen LogP contribution is 2.12. The predicted molar refractivity (Wildman–Crippen MR) is 71.8 cm³/mol. The van der Waals surface area contributed by atoms with Gasteiger partial charge in [-0.3, -0.25) is 9.48 Å². The molecular weight excluding hydrogens is 331 g/mol. The quantitative estimate of drug-likeness (QED) is 0.867. The molecule has 1 aromatic carbocycles. The van der Waals surface area contributed by atoms with E-state index in [0.717, 1.165) is 14.7 Å². The largest absolute Gasteiger partial charge is 0.481 e. The average molecular weight is 342 g/mol. The van der Waals surface area contributed by atoms with Crippen LogP contribution in [0.3, 0.4) is 0 Å². The van der Waals surface area contributed by atoms with E-state index in [4.69, 9.17) is 5.11 Å². The second-order valence-corrected chi connectivity index (χ2v) is 4.94. The van der Waals surface area contributed by atoms with E-state index in [0.29, 0.717) is 6.54 Å². The molecular formula is C12H11IN2O2. The SMILES string of the molecule is O=C(O)Cc1ccccc1Cn1cc(I)cn1. The molecule has 0 spiro atoms. The van der Waals surface area contributed by atoms with Gasteiger partial charge < -0.3 is 5.11 Å². The van der Waals surface area contributed by atoms with Crippen LogP contribution in [-0.4, -0.2) is 20.9 Å². The van der Waals surface area contributed by atoms with Crippen molar-refractivity contribution in [3.05, 3.63) is 51.4 Å². The molecule has 2 rings (SSSR count). The van der Waals surface area contributed by atoms with E-state index in [1.807, 2.05) is 35.1 Å². The van der Waals surface area contributed by atoms with Gasteiger partial charge in [-0.05, 0) is 33.7 Å². The lowest BCUT2D eigenvalue weighted by molar-refractivity contribution is -0.136. The number of hydrogen-bond donors (Lipinski definition) is 1. The van der Waals surface area contributed by atoms with Crippen molar-refractivity contribution >= 4 is 28.6 Å². The van der Waals surface area contributed by atoms with E-state index in [1.54, 1.807) is 6.20 Å². The number of aliphatic carboxylic acids is 1. The summed E-state index contributed by atoms with van der Waals surface area (Å²) in [5.41, 5.74) is 1.83. The Kier molecular flexibility index (Phi) is 3.78. The number of halogens is 1. The zero-order chi connectivity index (χ0) is 12.3. The van der Waals surface area contributed by atoms with Gasteiger partial charge in [-0.15, -0.1) is 0 Å². The van der Waals surface area contributed by atoms with Crippen LogP contribution in [0.25, 0.3) is 0 Å². The fourth-order valence-electron chi connectivity index (χ4n) is 1.65. The van der Waals surface area contributed by atoms with Crippen molar-refractivity contribution in [2.24, 2.45) is 0 Å². The highest BCUT2D eigenvalue weighted by molar-refractivity contribution is 14.1. The summed E-state index contributed by atoms with van der Waals surface area (Å²) in [6.07, 6.45) is 3.76. The number of rotatable bonds is 4. The van der Waals surface area contributed by atoms with E-state index in [1.165, 1.54) is 0 Å². The molecule has 1 heterocycles. The zero-order valence-electron chi connectivity index (χ0n) is 9.01. The lowest BCUT2D eigenvalue weighted by atomic mass is 10.0. The zero-order valence-corrected chi connectivity index (χ0v) is 11.2. The summed E-state index contributed by atoms with van der Waals surface area (Å²) in [5.74, 6) is -0.813. The minimum Gasteiger partial charge on any atom is -0.481 e. The van der Waals surface area contributed by atoms with Gasteiger partial charge in [-0.1, -0.05) is 24.3 Å². The number of nitrogens with zero attached hydrogens (tertiary/aromatic N) is 2. The van der Waals surface area contributed by atoms with Crippen LogP contribution < -0.4 is 0 Å². The van der Waals surface area contributed by atoms with Crippen LogP contribution in [-0.2, 0) is 17.8 Å². The normalized spacial score (nSPS) is 10.4. The van der Waals surface area contributed by atoms with Gasteiger partial charge in [0.1, 0.15) is 0 Å². The number of carboxylic acid groups (broad SMARTS) is 1. The molecule has 2 aromatic rings. The molecule has 88 valence electrons. The van der Waals surface area contributed by atoms with Crippen LogP contribution in [0.1, 0.15) is 11.1 Å². The summed E-state index contributed by atoms with van der Waals surface area (Å²) in [6.45, 7) is 0.604. The Bertz CT molecular complexity index is 537. The third-order valence-electron chi connectivity index (χ3n) is 2.39. The van der Waals surface area contributed by atoms with Crippen LogP contribution in [0, 0.1) is 3.57 Å². The minimum absolute atomic E-state index is 0.0501. The number of carboxylic acids is 1. The van der Waals surface area contributed by atoms with Crippen LogP contribution in [0.4, 0.5) is 0 Å². The second-order valence-electron chi connectivity index (χ2n) is 3.70. The first-order valence-corrected chi connectivity index (χ1v) is 6.19. The predicted octanol–water partition coefficient (Wildman–Crippen LogP) is 2.16. The molecule has 0 aliphatic rings. The fraction of sp³-hybridized carbons (Fsp3) is 0.167. The maximum atomic E-state index is 10.8. The Morgan fingerprint density at radius 3 is 2.65 bits per heavy atom. The van der Waals surface area contributed by atoms with Crippen LogP contribution in [0.15, 0.2) is 36.7 Å². The monoisotopic (exact) mass is 342 g/mol. The van der Waals surface area contributed by atoms with Gasteiger partial charge in [0, 0.05) is 6.20 Å². The third kappa shape index (κ3) is 3.29. The Balaban J connectivity index is 2.23. The van der Waals surface area contributed by atoms with Crippen molar-refractivity contribution in [3.8, 4) is 0 Å². The van der Waals surface area contributed by atoms with Crippen molar-refractivity contribution in [3.63, 3.8) is 0 Å². The lowest BCUT2D eigenvalue weighted by Crippen LogP contribution is -2.07. The molecule has 0 saturated carbocycles. The molecule has 0 atom stereocenters. The van der Waals surface area contributed by atoms with Crippen molar-refractivity contribution in [2.45, 2.75) is 13.0 Å². The smallest absolute Gasteiger partial charge is 0.307 e. The molecule has 0 saturated heterocycles. The van der Waals surface area contributed by atoms with Gasteiger partial charge in [0.25, 0.3) is 0 Å². The van der Waals surface area contributed by atoms with E-state index in [-0.39, 0.29) is 6.42 Å². The lowest BCUT2D eigenvalue weighted by Gasteiger charge is -2.07. The van der Waals surface area contributed by atoms with Gasteiger partial charge in [0.15, 0.2) is 0 Å². The molecule has 0 unspecified atom stereocenters. The second kappa shape index (κ2) is 5.31. The molecule has 17 heavy (non-hydrogen) atoms. The van der Waals surface area contributed by atoms with Crippen molar-refractivity contribution in [1.29, 1.82) is 0 Å². The van der Waals surface area contributed by atoms with Gasteiger partial charge in [0.2, 0.25) is 0 Å². The summed E-state index contributed by atoms with van der Waals surface area (Å²) >= 11 is 2.19. The maximum absolute atomic E-state index is 10.8. The molecule has 4 nitrogen and oxygen atoms in total. The number of aromatic nitrogens is 2. The van der Waals surface area contributed by atoms with Crippen molar-refractivity contribution < 1.29 is 9.90 Å². The molecule has 1 aromatic heterocycles. The molecule has 0 radical (unpaired) electrons. The van der Waals surface area contributed by atoms with Gasteiger partial charge in [-0.25, -0.2) is 0 Å². The Labute approximate surface area is 112 Å². The average Bonchev–Trinajstić information content (AvgIpc) is 2.66. The topological polar surface area (TPSA) is 55.1 Å². The van der Waals surface area contributed by atoms with Crippen LogP contribution in [0.5, 0.6) is 0 Å². The molecule has 5 heteroatoms. The highest BCUT2D eigenvalue weighted by Gasteiger charge is 2.07. The first kappa shape index (κ1) is 12.1. The van der Waals surface area contributed by atoms with Gasteiger partial charge in [-0.2, -0.15) is 5.10 Å². The molecule has 0 amide bonds. The summed E-state index contributed by atoms with van der Waals surface area (Å²) in [7, 11) is 0. The summed E-state index contributed by atoms with van der Waals surface area (Å²) in [6, 6.07) is 7.55. The Morgan fingerprint density at radius 2 is 2.06 bits per heavy atom. The summed E-state index contributed by atoms with van der Waals surface area (Å²) < 4.78 is 2.88. The Morgan fingerprint density at radius 1 is 1.35 bits per heavy atom. The standard InChI is InChI=1S/C12H11IN2O2/c13-11-6-14-15(8-11)7-10-4-2-1-3-9(10)5-12(16)17/h1-4,6,8H,5,7H2,(H,16,17).